The van der Waals surface area contributed by atoms with Gasteiger partial charge in [0.15, 0.2) is 0 Å². The molecule has 1 saturated carbocycles. The third kappa shape index (κ3) is 3.74. The van der Waals surface area contributed by atoms with E-state index < -0.39 is 0 Å². The molecule has 0 radical (unpaired) electrons. The van der Waals surface area contributed by atoms with Gasteiger partial charge in [-0.1, -0.05) is 11.6 Å². The van der Waals surface area contributed by atoms with Crippen molar-refractivity contribution >= 4 is 28.9 Å². The molecule has 1 heterocycles. The Morgan fingerprint density at radius 1 is 1.30 bits per heavy atom. The van der Waals surface area contributed by atoms with E-state index in [9.17, 15) is 4.79 Å². The minimum atomic E-state index is -0.0945. The number of nitrogens with one attached hydrogen (secondary N) is 2. The fraction of sp³-hybridized carbons (Fsp3) is 0.294. The average Bonchev–Trinajstić information content (AvgIpc) is 3.35. The van der Waals surface area contributed by atoms with E-state index in [1.54, 1.807) is 31.6 Å². The summed E-state index contributed by atoms with van der Waals surface area (Å²) in [6.45, 7) is 1.92. The number of benzene rings is 1. The molecule has 1 aliphatic rings. The lowest BCUT2D eigenvalue weighted by molar-refractivity contribution is 0.0951. The molecule has 5 nitrogen and oxygen atoms in total. The predicted molar refractivity (Wildman–Crippen MR) is 90.7 cm³/mol. The number of amides is 1. The van der Waals surface area contributed by atoms with Crippen molar-refractivity contribution in [3.8, 4) is 5.75 Å². The number of carbonyl (C=O) groups excluding carboxylic acids is 1. The van der Waals surface area contributed by atoms with Crippen LogP contribution in [-0.2, 0) is 0 Å². The second kappa shape index (κ2) is 6.46. The van der Waals surface area contributed by atoms with E-state index in [0.29, 0.717) is 28.1 Å². The van der Waals surface area contributed by atoms with Crippen LogP contribution in [0.15, 0.2) is 30.6 Å². The number of anilines is 2. The number of aryl methyl sites for hydroxylation is 1. The van der Waals surface area contributed by atoms with Crippen molar-refractivity contribution < 1.29 is 9.53 Å². The lowest BCUT2D eigenvalue weighted by Crippen LogP contribution is -2.25. The van der Waals surface area contributed by atoms with E-state index in [2.05, 4.69) is 15.6 Å². The number of hydrogen-bond acceptors (Lipinski definition) is 4. The third-order valence-electron chi connectivity index (χ3n) is 3.67. The topological polar surface area (TPSA) is 63.2 Å². The number of rotatable bonds is 5. The van der Waals surface area contributed by atoms with Crippen molar-refractivity contribution in [1.82, 2.24) is 10.3 Å². The van der Waals surface area contributed by atoms with Crippen LogP contribution in [0.5, 0.6) is 5.75 Å². The summed E-state index contributed by atoms with van der Waals surface area (Å²) < 4.78 is 5.35. The molecule has 2 aromatic rings. The second-order valence-electron chi connectivity index (χ2n) is 5.64. The summed E-state index contributed by atoms with van der Waals surface area (Å²) in [5.74, 6) is 0.538. The lowest BCUT2D eigenvalue weighted by atomic mass is 10.2. The van der Waals surface area contributed by atoms with Crippen molar-refractivity contribution in [2.24, 2.45) is 0 Å². The first-order chi connectivity index (χ1) is 11.1. The molecule has 1 aromatic carbocycles. The van der Waals surface area contributed by atoms with Gasteiger partial charge in [-0.25, -0.2) is 0 Å². The number of aromatic nitrogens is 1. The van der Waals surface area contributed by atoms with Crippen LogP contribution in [0.3, 0.4) is 0 Å². The van der Waals surface area contributed by atoms with Crippen LogP contribution in [0.2, 0.25) is 5.02 Å². The summed E-state index contributed by atoms with van der Waals surface area (Å²) in [4.78, 5) is 16.2. The first kappa shape index (κ1) is 15.6. The maximum Gasteiger partial charge on any atom is 0.253 e. The van der Waals surface area contributed by atoms with Gasteiger partial charge in [0.2, 0.25) is 0 Å². The highest BCUT2D eigenvalue weighted by molar-refractivity contribution is 6.31. The monoisotopic (exact) mass is 331 g/mol. The van der Waals surface area contributed by atoms with Gasteiger partial charge in [0, 0.05) is 23.3 Å². The molecule has 1 aromatic heterocycles. The molecule has 2 N–H and O–H groups in total. The normalized spacial score (nSPS) is 13.5. The summed E-state index contributed by atoms with van der Waals surface area (Å²) in [6.07, 6.45) is 5.33. The van der Waals surface area contributed by atoms with E-state index in [0.717, 1.165) is 24.1 Å². The molecular weight excluding hydrogens is 314 g/mol. The van der Waals surface area contributed by atoms with Crippen molar-refractivity contribution in [1.29, 1.82) is 0 Å². The molecule has 0 unspecified atom stereocenters. The molecule has 0 aliphatic heterocycles. The van der Waals surface area contributed by atoms with Gasteiger partial charge in [-0.05, 0) is 37.5 Å². The summed E-state index contributed by atoms with van der Waals surface area (Å²) in [5.41, 5.74) is 2.96. The Labute approximate surface area is 140 Å². The number of halogens is 1. The van der Waals surface area contributed by atoms with Crippen LogP contribution >= 0.6 is 11.6 Å². The molecule has 0 atom stereocenters. The number of ether oxygens (including phenoxy) is 1. The zero-order valence-electron chi connectivity index (χ0n) is 13.0. The Morgan fingerprint density at radius 3 is 2.78 bits per heavy atom. The van der Waals surface area contributed by atoms with E-state index in [1.165, 1.54) is 0 Å². The first-order valence-corrected chi connectivity index (χ1v) is 7.81. The van der Waals surface area contributed by atoms with E-state index in [-0.39, 0.29) is 5.91 Å². The molecule has 3 rings (SSSR count). The molecule has 1 aliphatic carbocycles. The quantitative estimate of drug-likeness (QED) is 0.877. The number of hydrogen-bond donors (Lipinski definition) is 2. The Bertz CT molecular complexity index is 745. The second-order valence-corrected chi connectivity index (χ2v) is 6.04. The van der Waals surface area contributed by atoms with Crippen LogP contribution in [0.25, 0.3) is 0 Å². The van der Waals surface area contributed by atoms with Crippen molar-refractivity contribution in [3.05, 3.63) is 46.7 Å². The third-order valence-corrected chi connectivity index (χ3v) is 4.08. The fourth-order valence-corrected chi connectivity index (χ4v) is 2.37. The van der Waals surface area contributed by atoms with Gasteiger partial charge >= 0.3 is 0 Å². The van der Waals surface area contributed by atoms with Crippen molar-refractivity contribution in [2.45, 2.75) is 25.8 Å². The summed E-state index contributed by atoms with van der Waals surface area (Å²) in [7, 11) is 1.59. The maximum absolute atomic E-state index is 12.1. The Kier molecular flexibility index (Phi) is 4.39. The number of methoxy groups -OCH3 is 1. The molecule has 1 amide bonds. The lowest BCUT2D eigenvalue weighted by Gasteiger charge is -2.13. The molecule has 1 fully saturated rings. The zero-order chi connectivity index (χ0) is 16.4. The molecule has 0 bridgehead atoms. The van der Waals surface area contributed by atoms with E-state index >= 15 is 0 Å². The predicted octanol–water partition coefficient (Wildman–Crippen LogP) is 3.69. The van der Waals surface area contributed by atoms with Gasteiger partial charge in [0.25, 0.3) is 5.91 Å². The summed E-state index contributed by atoms with van der Waals surface area (Å²) in [6, 6.07) is 5.75. The Morgan fingerprint density at radius 2 is 2.09 bits per heavy atom. The van der Waals surface area contributed by atoms with Gasteiger partial charge in [-0.15, -0.1) is 0 Å². The van der Waals surface area contributed by atoms with Gasteiger partial charge in [-0.3, -0.25) is 9.78 Å². The summed E-state index contributed by atoms with van der Waals surface area (Å²) >= 11 is 6.12. The van der Waals surface area contributed by atoms with Crippen LogP contribution in [0, 0.1) is 6.92 Å². The highest BCUT2D eigenvalue weighted by Crippen LogP contribution is 2.33. The highest BCUT2D eigenvalue weighted by Gasteiger charge is 2.24. The minimum Gasteiger partial charge on any atom is -0.495 e. The van der Waals surface area contributed by atoms with Crippen LogP contribution in [0.1, 0.15) is 28.8 Å². The maximum atomic E-state index is 12.1. The molecular formula is C17H18ClN3O2. The smallest absolute Gasteiger partial charge is 0.253 e. The van der Waals surface area contributed by atoms with Gasteiger partial charge < -0.3 is 15.4 Å². The molecule has 120 valence electrons. The Hall–Kier alpha value is -2.27. The molecule has 23 heavy (non-hydrogen) atoms. The van der Waals surface area contributed by atoms with Gasteiger partial charge in [0.1, 0.15) is 5.75 Å². The van der Waals surface area contributed by atoms with Crippen LogP contribution in [-0.4, -0.2) is 24.0 Å². The molecule has 6 heteroatoms. The molecule has 0 spiro atoms. The Balaban J connectivity index is 1.82. The van der Waals surface area contributed by atoms with Crippen LogP contribution < -0.4 is 15.4 Å². The van der Waals surface area contributed by atoms with Crippen molar-refractivity contribution in [2.75, 3.05) is 12.4 Å². The number of nitrogens with zero attached hydrogens (tertiary/aromatic N) is 1. The van der Waals surface area contributed by atoms with E-state index in [1.807, 2.05) is 13.0 Å². The number of pyridine rings is 1. The molecule has 0 saturated heterocycles. The van der Waals surface area contributed by atoms with Crippen molar-refractivity contribution in [3.63, 3.8) is 0 Å². The first-order valence-electron chi connectivity index (χ1n) is 7.44. The zero-order valence-corrected chi connectivity index (χ0v) is 13.8. The highest BCUT2D eigenvalue weighted by atomic mass is 35.5. The largest absolute Gasteiger partial charge is 0.495 e. The SMILES string of the molecule is COc1cc(Cl)c(C)cc1Nc1cncc(C(=O)NC2CC2)c1. The van der Waals surface area contributed by atoms with Crippen LogP contribution in [0.4, 0.5) is 11.4 Å². The minimum absolute atomic E-state index is 0.0945. The van der Waals surface area contributed by atoms with Gasteiger partial charge in [0.05, 0.1) is 30.2 Å². The van der Waals surface area contributed by atoms with E-state index in [4.69, 9.17) is 16.3 Å². The standard InChI is InChI=1S/C17H18ClN3O2/c1-10-5-15(16(23-2)7-14(10)18)20-13-6-11(8-19-9-13)17(22)21-12-3-4-12/h5-9,12,20H,3-4H2,1-2H3,(H,21,22). The number of carbonyl (C=O) groups is 1. The fourth-order valence-electron chi connectivity index (χ4n) is 2.21. The van der Waals surface area contributed by atoms with Gasteiger partial charge in [-0.2, -0.15) is 0 Å². The average molecular weight is 332 g/mol. The summed E-state index contributed by atoms with van der Waals surface area (Å²) in [5, 5.41) is 6.82.